The second-order valence-corrected chi connectivity index (χ2v) is 5.39. The van der Waals surface area contributed by atoms with Crippen LogP contribution in [0.5, 0.6) is 0 Å². The Morgan fingerprint density at radius 1 is 1.29 bits per heavy atom. The SMILES string of the molecule is CCCn1c(N)c(NCC(CC)(CC)CO)c(=O)[nH]c1=O. The lowest BCUT2D eigenvalue weighted by Gasteiger charge is -2.30. The first-order valence-electron chi connectivity index (χ1n) is 7.42. The van der Waals surface area contributed by atoms with Crippen LogP contribution in [0, 0.1) is 5.41 Å². The van der Waals surface area contributed by atoms with E-state index in [9.17, 15) is 14.7 Å². The molecule has 0 saturated carbocycles. The molecule has 7 nitrogen and oxygen atoms in total. The van der Waals surface area contributed by atoms with Gasteiger partial charge in [0.25, 0.3) is 5.56 Å². The van der Waals surface area contributed by atoms with Crippen molar-refractivity contribution in [1.82, 2.24) is 9.55 Å². The number of hydrogen-bond acceptors (Lipinski definition) is 5. The summed E-state index contributed by atoms with van der Waals surface area (Å²) in [6.45, 7) is 6.81. The van der Waals surface area contributed by atoms with Gasteiger partial charge in [0.15, 0.2) is 0 Å². The van der Waals surface area contributed by atoms with Crippen LogP contribution in [0.4, 0.5) is 11.5 Å². The van der Waals surface area contributed by atoms with Crippen molar-refractivity contribution >= 4 is 11.5 Å². The summed E-state index contributed by atoms with van der Waals surface area (Å²) in [5, 5.41) is 12.6. The van der Waals surface area contributed by atoms with Crippen molar-refractivity contribution in [3.8, 4) is 0 Å². The van der Waals surface area contributed by atoms with E-state index in [-0.39, 0.29) is 23.5 Å². The summed E-state index contributed by atoms with van der Waals surface area (Å²) >= 11 is 0. The number of aliphatic hydroxyl groups excluding tert-OH is 1. The van der Waals surface area contributed by atoms with Crippen molar-refractivity contribution in [2.75, 3.05) is 24.2 Å². The number of H-pyrrole nitrogens is 1. The summed E-state index contributed by atoms with van der Waals surface area (Å²) in [4.78, 5) is 25.9. The van der Waals surface area contributed by atoms with Crippen LogP contribution in [-0.2, 0) is 6.54 Å². The molecular weight excluding hydrogens is 272 g/mol. The maximum Gasteiger partial charge on any atom is 0.330 e. The highest BCUT2D eigenvalue weighted by atomic mass is 16.3. The third-order valence-electron chi connectivity index (χ3n) is 4.16. The van der Waals surface area contributed by atoms with Crippen LogP contribution in [0.3, 0.4) is 0 Å². The van der Waals surface area contributed by atoms with Gasteiger partial charge in [0.2, 0.25) is 0 Å². The van der Waals surface area contributed by atoms with E-state index in [0.29, 0.717) is 13.1 Å². The zero-order valence-electron chi connectivity index (χ0n) is 13.0. The van der Waals surface area contributed by atoms with E-state index < -0.39 is 11.2 Å². The van der Waals surface area contributed by atoms with Gasteiger partial charge in [-0.05, 0) is 19.3 Å². The zero-order chi connectivity index (χ0) is 16.0. The summed E-state index contributed by atoms with van der Waals surface area (Å²) in [7, 11) is 0. The van der Waals surface area contributed by atoms with Crippen molar-refractivity contribution in [2.45, 2.75) is 46.6 Å². The normalized spacial score (nSPS) is 11.6. The number of aliphatic hydroxyl groups is 1. The van der Waals surface area contributed by atoms with E-state index in [0.717, 1.165) is 19.3 Å². The molecule has 0 aromatic carbocycles. The highest BCUT2D eigenvalue weighted by Crippen LogP contribution is 2.26. The van der Waals surface area contributed by atoms with Gasteiger partial charge in [-0.2, -0.15) is 0 Å². The lowest BCUT2D eigenvalue weighted by Crippen LogP contribution is -2.37. The Bertz CT molecular complexity index is 564. The van der Waals surface area contributed by atoms with Gasteiger partial charge >= 0.3 is 5.69 Å². The number of nitrogens with two attached hydrogens (primary N) is 1. The molecule has 7 heteroatoms. The third-order valence-corrected chi connectivity index (χ3v) is 4.16. The second-order valence-electron chi connectivity index (χ2n) is 5.39. The Kier molecular flexibility index (Phi) is 6.02. The first-order chi connectivity index (χ1) is 9.94. The van der Waals surface area contributed by atoms with Crippen LogP contribution < -0.4 is 22.3 Å². The molecule has 0 aliphatic carbocycles. The van der Waals surface area contributed by atoms with Crippen molar-refractivity contribution in [3.63, 3.8) is 0 Å². The van der Waals surface area contributed by atoms with E-state index in [4.69, 9.17) is 5.73 Å². The Morgan fingerprint density at radius 3 is 2.38 bits per heavy atom. The molecule has 0 saturated heterocycles. The fraction of sp³-hybridized carbons (Fsp3) is 0.714. The summed E-state index contributed by atoms with van der Waals surface area (Å²) in [6, 6.07) is 0. The van der Waals surface area contributed by atoms with Gasteiger partial charge < -0.3 is 16.2 Å². The van der Waals surface area contributed by atoms with Gasteiger partial charge in [0.05, 0.1) is 6.61 Å². The molecule has 1 aromatic heterocycles. The number of aromatic amines is 1. The molecule has 0 unspecified atom stereocenters. The van der Waals surface area contributed by atoms with Crippen LogP contribution in [-0.4, -0.2) is 27.8 Å². The van der Waals surface area contributed by atoms with Crippen LogP contribution in [0.15, 0.2) is 9.59 Å². The summed E-state index contributed by atoms with van der Waals surface area (Å²) in [5.41, 5.74) is 4.82. The maximum absolute atomic E-state index is 11.9. The summed E-state index contributed by atoms with van der Waals surface area (Å²) in [6.07, 6.45) is 2.29. The van der Waals surface area contributed by atoms with Crippen molar-refractivity contribution in [3.05, 3.63) is 20.8 Å². The van der Waals surface area contributed by atoms with Gasteiger partial charge in [0.1, 0.15) is 11.5 Å². The van der Waals surface area contributed by atoms with E-state index in [1.54, 1.807) is 0 Å². The average molecular weight is 298 g/mol. The molecule has 5 N–H and O–H groups in total. The highest BCUT2D eigenvalue weighted by Gasteiger charge is 2.26. The molecule has 21 heavy (non-hydrogen) atoms. The summed E-state index contributed by atoms with van der Waals surface area (Å²) < 4.78 is 1.35. The predicted molar refractivity (Wildman–Crippen MR) is 84.6 cm³/mol. The molecule has 0 fully saturated rings. The smallest absolute Gasteiger partial charge is 0.330 e. The fourth-order valence-corrected chi connectivity index (χ4v) is 2.26. The van der Waals surface area contributed by atoms with E-state index in [2.05, 4.69) is 10.3 Å². The Labute approximate surface area is 124 Å². The van der Waals surface area contributed by atoms with Crippen LogP contribution in [0.2, 0.25) is 0 Å². The monoisotopic (exact) mass is 298 g/mol. The van der Waals surface area contributed by atoms with Crippen molar-refractivity contribution in [1.29, 1.82) is 0 Å². The largest absolute Gasteiger partial charge is 0.396 e. The van der Waals surface area contributed by atoms with Gasteiger partial charge in [-0.25, -0.2) is 4.79 Å². The van der Waals surface area contributed by atoms with Gasteiger partial charge in [0, 0.05) is 18.5 Å². The van der Waals surface area contributed by atoms with E-state index in [1.165, 1.54) is 4.57 Å². The molecular formula is C14H26N4O3. The molecule has 0 aliphatic heterocycles. The molecule has 0 radical (unpaired) electrons. The Hall–Kier alpha value is -1.76. The molecule has 120 valence electrons. The minimum atomic E-state index is -0.524. The minimum absolute atomic E-state index is 0.0272. The number of nitrogen functional groups attached to an aromatic ring is 1. The number of anilines is 2. The number of nitrogens with one attached hydrogen (secondary N) is 2. The van der Waals surface area contributed by atoms with Crippen LogP contribution >= 0.6 is 0 Å². The van der Waals surface area contributed by atoms with Gasteiger partial charge in [-0.3, -0.25) is 14.3 Å². The molecule has 0 aliphatic rings. The first-order valence-corrected chi connectivity index (χ1v) is 7.42. The Morgan fingerprint density at radius 2 is 1.90 bits per heavy atom. The molecule has 1 rings (SSSR count). The number of hydrogen-bond donors (Lipinski definition) is 4. The van der Waals surface area contributed by atoms with Gasteiger partial charge in [-0.15, -0.1) is 0 Å². The highest BCUT2D eigenvalue weighted by molar-refractivity contribution is 5.60. The molecule has 0 amide bonds. The zero-order valence-corrected chi connectivity index (χ0v) is 13.0. The number of nitrogens with zero attached hydrogens (tertiary/aromatic N) is 1. The van der Waals surface area contributed by atoms with E-state index in [1.807, 2.05) is 20.8 Å². The standard InChI is InChI=1S/C14H26N4O3/c1-4-7-18-11(15)10(12(20)17-13(18)21)16-8-14(5-2,6-3)9-19/h16,19H,4-9,15H2,1-3H3,(H,17,20,21). The predicted octanol–water partition coefficient (Wildman–Crippen LogP) is 0.739. The minimum Gasteiger partial charge on any atom is -0.396 e. The maximum atomic E-state index is 11.9. The second kappa shape index (κ2) is 7.31. The molecule has 1 aromatic rings. The van der Waals surface area contributed by atoms with Crippen LogP contribution in [0.1, 0.15) is 40.0 Å². The van der Waals surface area contributed by atoms with E-state index >= 15 is 0 Å². The van der Waals surface area contributed by atoms with Gasteiger partial charge in [-0.1, -0.05) is 20.8 Å². The van der Waals surface area contributed by atoms with Crippen molar-refractivity contribution in [2.24, 2.45) is 5.41 Å². The quantitative estimate of drug-likeness (QED) is 0.565. The lowest BCUT2D eigenvalue weighted by atomic mass is 9.83. The average Bonchev–Trinajstić information content (AvgIpc) is 2.48. The molecule has 0 bridgehead atoms. The molecule has 0 spiro atoms. The first kappa shape index (κ1) is 17.3. The topological polar surface area (TPSA) is 113 Å². The lowest BCUT2D eigenvalue weighted by molar-refractivity contribution is 0.127. The number of aromatic nitrogens is 2. The van der Waals surface area contributed by atoms with Crippen LogP contribution in [0.25, 0.3) is 0 Å². The van der Waals surface area contributed by atoms with Crippen molar-refractivity contribution < 1.29 is 5.11 Å². The third kappa shape index (κ3) is 3.66. The molecule has 1 heterocycles. The molecule has 0 atom stereocenters. The number of rotatable bonds is 8. The summed E-state index contributed by atoms with van der Waals surface area (Å²) in [5.74, 6) is 0.143. The fourth-order valence-electron chi connectivity index (χ4n) is 2.26. The Balaban J connectivity index is 3.12.